The minimum atomic E-state index is -0.948. The first-order chi connectivity index (χ1) is 11.8. The SMILES string of the molecule is COCCn1c(=O)c(C(N)=O)cn(Cc2nnn(C[C@@H](C)O)n2)c1=O. The molecule has 1 amide bonds. The van der Waals surface area contributed by atoms with Crippen LogP contribution in [0.4, 0.5) is 0 Å². The van der Waals surface area contributed by atoms with Crippen LogP contribution in [0.2, 0.25) is 0 Å². The summed E-state index contributed by atoms with van der Waals surface area (Å²) in [5, 5.41) is 20.9. The van der Waals surface area contributed by atoms with E-state index >= 15 is 0 Å². The molecule has 0 aliphatic heterocycles. The van der Waals surface area contributed by atoms with Gasteiger partial charge in [-0.2, -0.15) is 4.80 Å². The number of amides is 1. The van der Waals surface area contributed by atoms with Crippen molar-refractivity contribution in [3.8, 4) is 0 Å². The van der Waals surface area contributed by atoms with E-state index in [1.54, 1.807) is 6.92 Å². The minimum Gasteiger partial charge on any atom is -0.391 e. The van der Waals surface area contributed by atoms with E-state index in [0.717, 1.165) is 15.3 Å². The van der Waals surface area contributed by atoms with Gasteiger partial charge in [-0.1, -0.05) is 0 Å². The van der Waals surface area contributed by atoms with Gasteiger partial charge in [-0.15, -0.1) is 10.2 Å². The number of carbonyl (C=O) groups is 1. The number of tetrazole rings is 1. The number of hydrogen-bond acceptors (Lipinski definition) is 8. The normalized spacial score (nSPS) is 12.3. The van der Waals surface area contributed by atoms with Crippen molar-refractivity contribution < 1.29 is 14.6 Å². The minimum absolute atomic E-state index is 0.0303. The monoisotopic (exact) mass is 353 g/mol. The average molecular weight is 353 g/mol. The molecule has 0 fully saturated rings. The number of methoxy groups -OCH3 is 1. The van der Waals surface area contributed by atoms with Crippen LogP contribution in [0.15, 0.2) is 15.8 Å². The molecule has 136 valence electrons. The standard InChI is InChI=1S/C13H19N7O5/c1-8(21)5-20-16-10(15-17-20)7-18-6-9(11(14)22)12(23)19(13(18)24)3-4-25-2/h6,8,21H,3-5,7H2,1-2H3,(H2,14,22)/t8-/m1/s1. The van der Waals surface area contributed by atoms with Crippen molar-refractivity contribution >= 4 is 5.91 Å². The topological polar surface area (TPSA) is 160 Å². The highest BCUT2D eigenvalue weighted by Gasteiger charge is 2.16. The van der Waals surface area contributed by atoms with E-state index in [4.69, 9.17) is 10.5 Å². The van der Waals surface area contributed by atoms with Crippen LogP contribution in [0, 0.1) is 0 Å². The molecule has 1 atom stereocenters. The first kappa shape index (κ1) is 18.5. The second kappa shape index (κ2) is 7.81. The Hall–Kier alpha value is -2.86. The number of ether oxygens (including phenoxy) is 1. The van der Waals surface area contributed by atoms with Crippen molar-refractivity contribution in [3.05, 3.63) is 38.4 Å². The lowest BCUT2D eigenvalue weighted by molar-refractivity contribution is 0.0996. The van der Waals surface area contributed by atoms with Crippen LogP contribution >= 0.6 is 0 Å². The van der Waals surface area contributed by atoms with Gasteiger partial charge in [-0.05, 0) is 12.1 Å². The third-order valence-electron chi connectivity index (χ3n) is 3.26. The number of aliphatic hydroxyl groups is 1. The number of carbonyl (C=O) groups excluding carboxylic acids is 1. The molecule has 2 rings (SSSR count). The number of hydrogen-bond donors (Lipinski definition) is 2. The molecule has 25 heavy (non-hydrogen) atoms. The Morgan fingerprint density at radius 2 is 2.16 bits per heavy atom. The fourth-order valence-corrected chi connectivity index (χ4v) is 2.12. The molecule has 0 unspecified atom stereocenters. The number of rotatable bonds is 8. The van der Waals surface area contributed by atoms with Gasteiger partial charge < -0.3 is 15.6 Å². The van der Waals surface area contributed by atoms with Crippen LogP contribution in [0.25, 0.3) is 0 Å². The summed E-state index contributed by atoms with van der Waals surface area (Å²) >= 11 is 0. The maximum absolute atomic E-state index is 12.5. The molecule has 0 saturated carbocycles. The van der Waals surface area contributed by atoms with Crippen molar-refractivity contribution in [1.29, 1.82) is 0 Å². The second-order valence-corrected chi connectivity index (χ2v) is 5.38. The van der Waals surface area contributed by atoms with Crippen molar-refractivity contribution in [2.45, 2.75) is 32.7 Å². The number of aliphatic hydroxyl groups excluding tert-OH is 1. The first-order valence-electron chi connectivity index (χ1n) is 7.41. The van der Waals surface area contributed by atoms with Gasteiger partial charge in [0.15, 0.2) is 5.82 Å². The van der Waals surface area contributed by atoms with E-state index in [9.17, 15) is 19.5 Å². The molecule has 2 aromatic rings. The van der Waals surface area contributed by atoms with E-state index in [1.807, 2.05) is 0 Å². The number of nitrogens with two attached hydrogens (primary N) is 1. The zero-order chi connectivity index (χ0) is 18.6. The fraction of sp³-hybridized carbons (Fsp3) is 0.538. The molecule has 2 aromatic heterocycles. The Morgan fingerprint density at radius 1 is 1.44 bits per heavy atom. The van der Waals surface area contributed by atoms with E-state index in [1.165, 1.54) is 11.9 Å². The highest BCUT2D eigenvalue weighted by atomic mass is 16.5. The van der Waals surface area contributed by atoms with E-state index in [2.05, 4.69) is 15.4 Å². The summed E-state index contributed by atoms with van der Waals surface area (Å²) in [6, 6.07) is 0. The lowest BCUT2D eigenvalue weighted by Gasteiger charge is -2.10. The first-order valence-corrected chi connectivity index (χ1v) is 7.41. The molecule has 0 aliphatic rings. The van der Waals surface area contributed by atoms with Gasteiger partial charge in [0, 0.05) is 13.3 Å². The van der Waals surface area contributed by atoms with Gasteiger partial charge in [0.25, 0.3) is 11.5 Å². The van der Waals surface area contributed by atoms with Crippen molar-refractivity contribution in [1.82, 2.24) is 29.3 Å². The van der Waals surface area contributed by atoms with Crippen LogP contribution < -0.4 is 17.0 Å². The molecule has 0 aliphatic carbocycles. The predicted molar refractivity (Wildman–Crippen MR) is 84.0 cm³/mol. The molecule has 12 heteroatoms. The Balaban J connectivity index is 2.41. The molecular weight excluding hydrogens is 334 g/mol. The average Bonchev–Trinajstić information content (AvgIpc) is 2.96. The fourth-order valence-electron chi connectivity index (χ4n) is 2.12. The maximum atomic E-state index is 12.5. The number of nitrogens with zero attached hydrogens (tertiary/aromatic N) is 6. The molecular formula is C13H19N7O5. The largest absolute Gasteiger partial charge is 0.391 e. The summed E-state index contributed by atoms with van der Waals surface area (Å²) in [6.07, 6.45) is 0.410. The summed E-state index contributed by atoms with van der Waals surface area (Å²) in [4.78, 5) is 37.3. The Labute approximate surface area is 141 Å². The molecule has 0 saturated heterocycles. The van der Waals surface area contributed by atoms with Gasteiger partial charge in [0.05, 0.1) is 32.3 Å². The van der Waals surface area contributed by atoms with Gasteiger partial charge in [-0.25, -0.2) is 4.79 Å². The van der Waals surface area contributed by atoms with Gasteiger partial charge in [-0.3, -0.25) is 18.7 Å². The lowest BCUT2D eigenvalue weighted by atomic mass is 10.3. The Bertz CT molecular complexity index is 866. The molecule has 0 aromatic carbocycles. The van der Waals surface area contributed by atoms with E-state index in [0.29, 0.717) is 0 Å². The zero-order valence-electron chi connectivity index (χ0n) is 13.8. The van der Waals surface area contributed by atoms with E-state index < -0.39 is 23.3 Å². The quantitative estimate of drug-likeness (QED) is 0.513. The maximum Gasteiger partial charge on any atom is 0.331 e. The summed E-state index contributed by atoms with van der Waals surface area (Å²) in [5.74, 6) is -0.772. The molecule has 0 spiro atoms. The van der Waals surface area contributed by atoms with Gasteiger partial charge in [0.1, 0.15) is 5.56 Å². The van der Waals surface area contributed by atoms with Crippen LogP contribution in [0.5, 0.6) is 0 Å². The van der Waals surface area contributed by atoms with Crippen LogP contribution in [0.1, 0.15) is 23.1 Å². The Morgan fingerprint density at radius 3 is 2.76 bits per heavy atom. The van der Waals surface area contributed by atoms with Gasteiger partial charge in [0.2, 0.25) is 0 Å². The van der Waals surface area contributed by atoms with E-state index in [-0.39, 0.29) is 37.6 Å². The van der Waals surface area contributed by atoms with Crippen LogP contribution in [-0.2, 0) is 24.4 Å². The molecule has 0 radical (unpaired) electrons. The number of aromatic nitrogens is 6. The highest BCUT2D eigenvalue weighted by molar-refractivity contribution is 5.92. The lowest BCUT2D eigenvalue weighted by Crippen LogP contribution is -2.44. The van der Waals surface area contributed by atoms with Crippen molar-refractivity contribution in [3.63, 3.8) is 0 Å². The van der Waals surface area contributed by atoms with Crippen LogP contribution in [0.3, 0.4) is 0 Å². The summed E-state index contributed by atoms with van der Waals surface area (Å²) in [7, 11) is 1.42. The van der Waals surface area contributed by atoms with Crippen molar-refractivity contribution in [2.75, 3.05) is 13.7 Å². The molecule has 3 N–H and O–H groups in total. The third-order valence-corrected chi connectivity index (χ3v) is 3.26. The molecule has 0 bridgehead atoms. The summed E-state index contributed by atoms with van der Waals surface area (Å²) in [6.45, 7) is 1.67. The number of primary amides is 1. The molecule has 12 nitrogen and oxygen atoms in total. The highest BCUT2D eigenvalue weighted by Crippen LogP contribution is 1.95. The second-order valence-electron chi connectivity index (χ2n) is 5.38. The predicted octanol–water partition coefficient (Wildman–Crippen LogP) is -2.83. The van der Waals surface area contributed by atoms with Crippen molar-refractivity contribution in [2.24, 2.45) is 5.73 Å². The summed E-state index contributed by atoms with van der Waals surface area (Å²) < 4.78 is 6.83. The van der Waals surface area contributed by atoms with Gasteiger partial charge >= 0.3 is 5.69 Å². The third kappa shape index (κ3) is 4.36. The van der Waals surface area contributed by atoms with Crippen LogP contribution in [-0.4, -0.2) is 60.2 Å². The zero-order valence-corrected chi connectivity index (χ0v) is 13.8. The smallest absolute Gasteiger partial charge is 0.331 e. The molecule has 2 heterocycles. The summed E-state index contributed by atoms with van der Waals surface area (Å²) in [5.41, 5.74) is 3.45. The Kier molecular flexibility index (Phi) is 5.77.